The standard InChI is InChI=1S/C15H18ClNO2/c16-9-12-8-15(18)17(10-12)5-3-11-1-2-14-13(7-11)4-6-19-14/h1-2,7,12H,3-6,8-10H2. The second kappa shape index (κ2) is 5.41. The zero-order valence-electron chi connectivity index (χ0n) is 10.9. The fraction of sp³-hybridized carbons (Fsp3) is 0.533. The van der Waals surface area contributed by atoms with Gasteiger partial charge in [0.15, 0.2) is 0 Å². The molecule has 0 aromatic heterocycles. The van der Waals surface area contributed by atoms with Gasteiger partial charge in [0.05, 0.1) is 6.61 Å². The highest BCUT2D eigenvalue weighted by molar-refractivity contribution is 6.18. The maximum absolute atomic E-state index is 11.8. The zero-order valence-corrected chi connectivity index (χ0v) is 11.7. The Morgan fingerprint density at radius 3 is 3.11 bits per heavy atom. The third-order valence-electron chi connectivity index (χ3n) is 3.94. The molecular weight excluding hydrogens is 262 g/mol. The molecule has 2 aliphatic rings. The van der Waals surface area contributed by atoms with Crippen LogP contribution in [0.25, 0.3) is 0 Å². The zero-order chi connectivity index (χ0) is 13.2. The summed E-state index contributed by atoms with van der Waals surface area (Å²) in [6.45, 7) is 2.41. The molecule has 1 unspecified atom stereocenters. The van der Waals surface area contributed by atoms with Crippen LogP contribution in [0, 0.1) is 5.92 Å². The van der Waals surface area contributed by atoms with E-state index in [4.69, 9.17) is 16.3 Å². The smallest absolute Gasteiger partial charge is 0.222 e. The van der Waals surface area contributed by atoms with Crippen LogP contribution in [0.3, 0.4) is 0 Å². The molecule has 1 fully saturated rings. The summed E-state index contributed by atoms with van der Waals surface area (Å²) < 4.78 is 5.50. The Morgan fingerprint density at radius 2 is 2.32 bits per heavy atom. The van der Waals surface area contributed by atoms with Gasteiger partial charge >= 0.3 is 0 Å². The Kier molecular flexibility index (Phi) is 3.65. The van der Waals surface area contributed by atoms with Crippen molar-refractivity contribution < 1.29 is 9.53 Å². The number of hydrogen-bond acceptors (Lipinski definition) is 2. The predicted molar refractivity (Wildman–Crippen MR) is 74.8 cm³/mol. The van der Waals surface area contributed by atoms with E-state index in [2.05, 4.69) is 12.1 Å². The molecular formula is C15H18ClNO2. The minimum atomic E-state index is 0.246. The monoisotopic (exact) mass is 279 g/mol. The maximum Gasteiger partial charge on any atom is 0.222 e. The van der Waals surface area contributed by atoms with Gasteiger partial charge in [0, 0.05) is 31.8 Å². The lowest BCUT2D eigenvalue weighted by atomic mass is 10.1. The highest BCUT2D eigenvalue weighted by Crippen LogP contribution is 2.26. The summed E-state index contributed by atoms with van der Waals surface area (Å²) in [4.78, 5) is 13.7. The molecule has 0 bridgehead atoms. The highest BCUT2D eigenvalue weighted by atomic mass is 35.5. The Hall–Kier alpha value is -1.22. The van der Waals surface area contributed by atoms with Gasteiger partial charge in [-0.2, -0.15) is 0 Å². The molecule has 19 heavy (non-hydrogen) atoms. The highest BCUT2D eigenvalue weighted by Gasteiger charge is 2.28. The first kappa shape index (κ1) is 12.8. The number of halogens is 1. The van der Waals surface area contributed by atoms with Crippen molar-refractivity contribution in [3.63, 3.8) is 0 Å². The fourth-order valence-corrected chi connectivity index (χ4v) is 3.04. The van der Waals surface area contributed by atoms with Gasteiger partial charge in [-0.15, -0.1) is 11.6 Å². The first-order chi connectivity index (χ1) is 9.26. The number of alkyl halides is 1. The van der Waals surface area contributed by atoms with Crippen LogP contribution in [0.2, 0.25) is 0 Å². The molecule has 1 saturated heterocycles. The van der Waals surface area contributed by atoms with Crippen LogP contribution < -0.4 is 4.74 Å². The van der Waals surface area contributed by atoms with Crippen LogP contribution in [0.5, 0.6) is 5.75 Å². The van der Waals surface area contributed by atoms with E-state index >= 15 is 0 Å². The second-order valence-corrected chi connectivity index (χ2v) is 5.66. The minimum Gasteiger partial charge on any atom is -0.493 e. The lowest BCUT2D eigenvalue weighted by Crippen LogP contribution is -2.27. The minimum absolute atomic E-state index is 0.246. The largest absolute Gasteiger partial charge is 0.493 e. The quantitative estimate of drug-likeness (QED) is 0.791. The number of benzene rings is 1. The van der Waals surface area contributed by atoms with Gasteiger partial charge in [-0.3, -0.25) is 4.79 Å². The molecule has 0 N–H and O–H groups in total. The predicted octanol–water partition coefficient (Wildman–Crippen LogP) is 2.25. The van der Waals surface area contributed by atoms with E-state index in [1.54, 1.807) is 0 Å². The van der Waals surface area contributed by atoms with E-state index in [0.717, 1.165) is 38.3 Å². The van der Waals surface area contributed by atoms with Gasteiger partial charge in [0.1, 0.15) is 5.75 Å². The van der Waals surface area contributed by atoms with Gasteiger partial charge in [-0.1, -0.05) is 12.1 Å². The molecule has 3 nitrogen and oxygen atoms in total. The lowest BCUT2D eigenvalue weighted by molar-refractivity contribution is -0.127. The Labute approximate surface area is 118 Å². The topological polar surface area (TPSA) is 29.5 Å². The number of nitrogens with zero attached hydrogens (tertiary/aromatic N) is 1. The van der Waals surface area contributed by atoms with Crippen LogP contribution in [-0.4, -0.2) is 36.4 Å². The Morgan fingerprint density at radius 1 is 1.42 bits per heavy atom. The van der Waals surface area contributed by atoms with Crippen molar-refractivity contribution >= 4 is 17.5 Å². The van der Waals surface area contributed by atoms with Gasteiger partial charge in [0.2, 0.25) is 5.91 Å². The first-order valence-corrected chi connectivity index (χ1v) is 7.38. The summed E-state index contributed by atoms with van der Waals surface area (Å²) in [5, 5.41) is 0. The van der Waals surface area contributed by atoms with Crippen LogP contribution >= 0.6 is 11.6 Å². The summed E-state index contributed by atoms with van der Waals surface area (Å²) >= 11 is 5.83. The summed E-state index contributed by atoms with van der Waals surface area (Å²) in [5.41, 5.74) is 2.58. The first-order valence-electron chi connectivity index (χ1n) is 6.84. The molecule has 0 saturated carbocycles. The number of fused-ring (bicyclic) bond motifs is 1. The number of likely N-dealkylation sites (tertiary alicyclic amines) is 1. The van der Waals surface area contributed by atoms with Gasteiger partial charge < -0.3 is 9.64 Å². The van der Waals surface area contributed by atoms with Crippen LogP contribution in [-0.2, 0) is 17.6 Å². The summed E-state index contributed by atoms with van der Waals surface area (Å²) in [6.07, 6.45) is 2.52. The van der Waals surface area contributed by atoms with Crippen LogP contribution in [0.1, 0.15) is 17.5 Å². The second-order valence-electron chi connectivity index (χ2n) is 5.35. The third-order valence-corrected chi connectivity index (χ3v) is 4.37. The van der Waals surface area contributed by atoms with E-state index < -0.39 is 0 Å². The van der Waals surface area contributed by atoms with E-state index in [1.165, 1.54) is 11.1 Å². The molecule has 0 radical (unpaired) electrons. The van der Waals surface area contributed by atoms with Crippen LogP contribution in [0.4, 0.5) is 0 Å². The van der Waals surface area contributed by atoms with Crippen molar-refractivity contribution in [2.75, 3.05) is 25.6 Å². The van der Waals surface area contributed by atoms with E-state index in [-0.39, 0.29) is 5.91 Å². The number of carbonyl (C=O) groups excluding carboxylic acids is 1. The number of amides is 1. The summed E-state index contributed by atoms with van der Waals surface area (Å²) in [7, 11) is 0. The molecule has 1 aromatic carbocycles. The molecule has 2 heterocycles. The van der Waals surface area contributed by atoms with Crippen molar-refractivity contribution in [2.45, 2.75) is 19.3 Å². The normalized spacial score (nSPS) is 21.6. The maximum atomic E-state index is 11.8. The third kappa shape index (κ3) is 2.71. The van der Waals surface area contributed by atoms with Gasteiger partial charge in [0.25, 0.3) is 0 Å². The molecule has 2 aliphatic heterocycles. The Bertz CT molecular complexity index is 489. The van der Waals surface area contributed by atoms with Crippen molar-refractivity contribution in [3.05, 3.63) is 29.3 Å². The van der Waals surface area contributed by atoms with E-state index in [1.807, 2.05) is 11.0 Å². The van der Waals surface area contributed by atoms with Crippen molar-refractivity contribution in [2.24, 2.45) is 5.92 Å². The molecule has 0 aliphatic carbocycles. The lowest BCUT2D eigenvalue weighted by Gasteiger charge is -2.16. The number of carbonyl (C=O) groups is 1. The summed E-state index contributed by atoms with van der Waals surface area (Å²) in [5.74, 6) is 2.18. The van der Waals surface area contributed by atoms with Gasteiger partial charge in [-0.25, -0.2) is 0 Å². The molecule has 1 atom stereocenters. The average molecular weight is 280 g/mol. The van der Waals surface area contributed by atoms with Crippen molar-refractivity contribution in [1.82, 2.24) is 4.90 Å². The molecule has 1 aromatic rings. The van der Waals surface area contributed by atoms with E-state index in [9.17, 15) is 4.79 Å². The van der Waals surface area contributed by atoms with E-state index in [0.29, 0.717) is 18.2 Å². The molecule has 102 valence electrons. The molecule has 0 spiro atoms. The Balaban J connectivity index is 1.59. The number of ether oxygens (including phenoxy) is 1. The number of hydrogen-bond donors (Lipinski definition) is 0. The van der Waals surface area contributed by atoms with Crippen molar-refractivity contribution in [1.29, 1.82) is 0 Å². The average Bonchev–Trinajstić information content (AvgIpc) is 3.02. The molecule has 3 rings (SSSR count). The van der Waals surface area contributed by atoms with Gasteiger partial charge in [-0.05, 0) is 29.5 Å². The van der Waals surface area contributed by atoms with Crippen LogP contribution in [0.15, 0.2) is 18.2 Å². The molecule has 4 heteroatoms. The number of rotatable bonds is 4. The summed E-state index contributed by atoms with van der Waals surface area (Å²) in [6, 6.07) is 6.36. The van der Waals surface area contributed by atoms with Crippen molar-refractivity contribution in [3.8, 4) is 5.75 Å². The SMILES string of the molecule is O=C1CC(CCl)CN1CCc1ccc2c(c1)CCO2. The fourth-order valence-electron chi connectivity index (χ4n) is 2.83. The molecule has 1 amide bonds.